The third kappa shape index (κ3) is 5.24. The van der Waals surface area contributed by atoms with Crippen LogP contribution in [0.1, 0.15) is 6.92 Å². The lowest BCUT2D eigenvalue weighted by molar-refractivity contribution is -0.387. The zero-order valence-electron chi connectivity index (χ0n) is 15.7. The minimum Gasteiger partial charge on any atom is -0.375 e. The molecule has 0 unspecified atom stereocenters. The van der Waals surface area contributed by atoms with Crippen LogP contribution in [0.15, 0.2) is 54.5 Å². The number of nitro groups is 1. The average Bonchev–Trinajstić information content (AvgIpc) is 2.66. The second kappa shape index (κ2) is 9.39. The fraction of sp³-hybridized carbons (Fsp3) is 0.444. The average molecular weight is 412 g/mol. The van der Waals surface area contributed by atoms with Crippen LogP contribution in [0.3, 0.4) is 0 Å². The van der Waals surface area contributed by atoms with Crippen molar-refractivity contribution < 1.29 is 27.6 Å². The van der Waals surface area contributed by atoms with Crippen LogP contribution in [0.2, 0.25) is 0 Å². The minimum absolute atomic E-state index is 0.0292. The fourth-order valence-corrected chi connectivity index (χ4v) is 4.57. The highest BCUT2D eigenvalue weighted by Crippen LogP contribution is 2.31. The second-order valence-corrected chi connectivity index (χ2v) is 8.23. The molecule has 0 radical (unpaired) electrons. The highest BCUT2D eigenvalue weighted by molar-refractivity contribution is 7.89. The van der Waals surface area contributed by atoms with Gasteiger partial charge in [-0.1, -0.05) is 24.3 Å². The van der Waals surface area contributed by atoms with Gasteiger partial charge in [-0.05, 0) is 13.0 Å². The van der Waals surface area contributed by atoms with Gasteiger partial charge >= 0.3 is 0 Å². The molecule has 0 spiro atoms. The van der Waals surface area contributed by atoms with Crippen molar-refractivity contribution in [3.63, 3.8) is 0 Å². The molecule has 1 aliphatic heterocycles. The van der Waals surface area contributed by atoms with Gasteiger partial charge in [-0.3, -0.25) is 10.1 Å². The molecule has 0 aliphatic carbocycles. The summed E-state index contributed by atoms with van der Waals surface area (Å²) in [7, 11) is -4.17. The lowest BCUT2D eigenvalue weighted by atomic mass is 10.2. The van der Waals surface area contributed by atoms with E-state index in [0.29, 0.717) is 0 Å². The van der Waals surface area contributed by atoms with E-state index in [1.165, 1.54) is 24.3 Å². The molecule has 1 saturated heterocycles. The normalized spacial score (nSPS) is 23.2. The molecule has 0 bridgehead atoms. The van der Waals surface area contributed by atoms with Gasteiger partial charge in [-0.25, -0.2) is 8.42 Å². The molecule has 2 rings (SSSR count). The monoisotopic (exact) mass is 412 g/mol. The molecule has 1 aromatic rings. The van der Waals surface area contributed by atoms with E-state index in [1.54, 1.807) is 13.0 Å². The molecule has 2 atom stereocenters. The number of morpholine rings is 1. The third-order valence-electron chi connectivity index (χ3n) is 4.01. The molecule has 1 heterocycles. The molecule has 0 aromatic heterocycles. The Morgan fingerprint density at radius 2 is 2.04 bits per heavy atom. The highest BCUT2D eigenvalue weighted by atomic mass is 32.2. The van der Waals surface area contributed by atoms with Crippen molar-refractivity contribution in [3.05, 3.63) is 59.7 Å². The first-order chi connectivity index (χ1) is 13.2. The zero-order chi connectivity index (χ0) is 20.8. The standard InChI is InChI=1S/C18H24N2O7S/c1-4-10-25-13-15-12-19(14-18(3,27-15)26-11-5-2)28(23,24)17-9-7-6-8-16(17)20(21)22/h4-9,15H,1-2,10-14H2,3H3/t15-,18-/m1/s1. The first kappa shape index (κ1) is 22.2. The van der Waals surface area contributed by atoms with Gasteiger partial charge in [-0.2, -0.15) is 4.31 Å². The van der Waals surface area contributed by atoms with Gasteiger partial charge in [0.05, 0.1) is 37.4 Å². The Morgan fingerprint density at radius 3 is 2.68 bits per heavy atom. The van der Waals surface area contributed by atoms with E-state index < -0.39 is 32.5 Å². The molecule has 10 heteroatoms. The first-order valence-corrected chi connectivity index (χ1v) is 10.0. The van der Waals surface area contributed by atoms with E-state index in [9.17, 15) is 18.5 Å². The van der Waals surface area contributed by atoms with Crippen molar-refractivity contribution >= 4 is 15.7 Å². The van der Waals surface area contributed by atoms with E-state index in [1.807, 2.05) is 0 Å². The lowest BCUT2D eigenvalue weighted by Crippen LogP contribution is -2.58. The highest BCUT2D eigenvalue weighted by Gasteiger charge is 2.44. The van der Waals surface area contributed by atoms with Crippen LogP contribution in [0, 0.1) is 10.1 Å². The molecule has 0 saturated carbocycles. The summed E-state index contributed by atoms with van der Waals surface area (Å²) in [5, 5.41) is 11.3. The van der Waals surface area contributed by atoms with Crippen molar-refractivity contribution in [1.29, 1.82) is 0 Å². The van der Waals surface area contributed by atoms with E-state index >= 15 is 0 Å². The number of rotatable bonds is 10. The Bertz CT molecular complexity index is 827. The maximum Gasteiger partial charge on any atom is 0.289 e. The third-order valence-corrected chi connectivity index (χ3v) is 5.87. The number of sulfonamides is 1. The molecule has 0 amide bonds. The van der Waals surface area contributed by atoms with Gasteiger partial charge in [0.25, 0.3) is 5.69 Å². The molecular formula is C18H24N2O7S. The Balaban J connectivity index is 2.36. The van der Waals surface area contributed by atoms with Crippen LogP contribution in [0.25, 0.3) is 0 Å². The molecule has 9 nitrogen and oxygen atoms in total. The molecule has 1 aromatic carbocycles. The summed E-state index contributed by atoms with van der Waals surface area (Å²) in [4.78, 5) is 10.2. The molecule has 154 valence electrons. The predicted molar refractivity (Wildman–Crippen MR) is 102 cm³/mol. The van der Waals surface area contributed by atoms with Gasteiger partial charge in [0.15, 0.2) is 10.7 Å². The van der Waals surface area contributed by atoms with E-state index in [2.05, 4.69) is 13.2 Å². The van der Waals surface area contributed by atoms with Crippen LogP contribution in [0.4, 0.5) is 5.69 Å². The van der Waals surface area contributed by atoms with Crippen LogP contribution in [-0.4, -0.2) is 62.4 Å². The molecule has 1 fully saturated rings. The summed E-state index contributed by atoms with van der Waals surface area (Å²) in [6.45, 7) is 9.13. The maximum absolute atomic E-state index is 13.2. The number of para-hydroxylation sites is 1. The molecule has 1 aliphatic rings. The van der Waals surface area contributed by atoms with Gasteiger partial charge in [0.2, 0.25) is 10.0 Å². The minimum atomic E-state index is -4.17. The second-order valence-electron chi connectivity index (χ2n) is 6.32. The smallest absolute Gasteiger partial charge is 0.289 e. The molecule has 0 N–H and O–H groups in total. The summed E-state index contributed by atoms with van der Waals surface area (Å²) in [5.41, 5.74) is -0.484. The summed E-state index contributed by atoms with van der Waals surface area (Å²) in [6, 6.07) is 5.23. The van der Waals surface area contributed by atoms with Gasteiger partial charge in [0, 0.05) is 12.6 Å². The van der Waals surface area contributed by atoms with Crippen LogP contribution < -0.4 is 0 Å². The number of hydrogen-bond acceptors (Lipinski definition) is 7. The quantitative estimate of drug-likeness (QED) is 0.251. The summed E-state index contributed by atoms with van der Waals surface area (Å²) < 4.78 is 44.4. The SMILES string of the molecule is C=CCOC[C@H]1CN(S(=O)(=O)c2ccccc2[N+](=O)[O-])C[C@](C)(OCC=C)O1. The Kier molecular flexibility index (Phi) is 7.44. The van der Waals surface area contributed by atoms with Crippen molar-refractivity contribution in [2.45, 2.75) is 23.7 Å². The van der Waals surface area contributed by atoms with Gasteiger partial charge < -0.3 is 14.2 Å². The van der Waals surface area contributed by atoms with E-state index in [-0.39, 0.29) is 37.8 Å². The summed E-state index contributed by atoms with van der Waals surface area (Å²) >= 11 is 0. The summed E-state index contributed by atoms with van der Waals surface area (Å²) in [6.07, 6.45) is 2.46. The zero-order valence-corrected chi connectivity index (χ0v) is 16.5. The van der Waals surface area contributed by atoms with Gasteiger partial charge in [-0.15, -0.1) is 13.2 Å². The number of ether oxygens (including phenoxy) is 3. The van der Waals surface area contributed by atoms with Crippen LogP contribution in [-0.2, 0) is 24.2 Å². The van der Waals surface area contributed by atoms with Crippen molar-refractivity contribution in [2.24, 2.45) is 0 Å². The van der Waals surface area contributed by atoms with Crippen molar-refractivity contribution in [3.8, 4) is 0 Å². The topological polar surface area (TPSA) is 108 Å². The Morgan fingerprint density at radius 1 is 1.36 bits per heavy atom. The number of benzene rings is 1. The van der Waals surface area contributed by atoms with Gasteiger partial charge in [0.1, 0.15) is 0 Å². The number of nitro benzene ring substituents is 1. The molecular weight excluding hydrogens is 388 g/mol. The van der Waals surface area contributed by atoms with E-state index in [4.69, 9.17) is 14.2 Å². The Labute approximate surface area is 164 Å². The fourth-order valence-electron chi connectivity index (χ4n) is 2.87. The van der Waals surface area contributed by atoms with Crippen LogP contribution in [0.5, 0.6) is 0 Å². The van der Waals surface area contributed by atoms with E-state index in [0.717, 1.165) is 10.4 Å². The van der Waals surface area contributed by atoms with Crippen molar-refractivity contribution in [1.82, 2.24) is 4.31 Å². The Hall–Kier alpha value is -2.11. The number of nitrogens with zero attached hydrogens (tertiary/aromatic N) is 2. The largest absolute Gasteiger partial charge is 0.375 e. The maximum atomic E-state index is 13.2. The summed E-state index contributed by atoms with van der Waals surface area (Å²) in [5.74, 6) is -1.26. The predicted octanol–water partition coefficient (Wildman–Crippen LogP) is 2.11. The molecule has 28 heavy (non-hydrogen) atoms. The lowest BCUT2D eigenvalue weighted by Gasteiger charge is -2.43. The van der Waals surface area contributed by atoms with Crippen LogP contribution >= 0.6 is 0 Å². The first-order valence-electron chi connectivity index (χ1n) is 8.58. The van der Waals surface area contributed by atoms with Crippen molar-refractivity contribution in [2.75, 3.05) is 32.9 Å². The number of hydrogen-bond donors (Lipinski definition) is 0.